The number of carboxylic acid groups (broad SMARTS) is 1. The lowest BCUT2D eigenvalue weighted by molar-refractivity contribution is -0.0839. The molecular weight excluding hydrogens is 548 g/mol. The highest BCUT2D eigenvalue weighted by Crippen LogP contribution is 2.37. The van der Waals surface area contributed by atoms with Crippen LogP contribution in [0.15, 0.2) is 42.5 Å². The van der Waals surface area contributed by atoms with Crippen molar-refractivity contribution in [2.75, 3.05) is 29.5 Å². The third kappa shape index (κ3) is 7.36. The number of alkyl halides is 2. The molecule has 2 unspecified atom stereocenters. The second-order valence-electron chi connectivity index (χ2n) is 9.98. The Balaban J connectivity index is 2.01. The molecule has 11 nitrogen and oxygen atoms in total. The number of nitrogens with one attached hydrogen (secondary N) is 2. The van der Waals surface area contributed by atoms with E-state index in [0.717, 1.165) is 10.6 Å². The number of nitrogens with zero attached hydrogens (tertiary/aromatic N) is 3. The van der Waals surface area contributed by atoms with Crippen molar-refractivity contribution in [3.8, 4) is 0 Å². The van der Waals surface area contributed by atoms with E-state index >= 15 is 0 Å². The average Bonchev–Trinajstić information content (AvgIpc) is 3.22. The van der Waals surface area contributed by atoms with Crippen LogP contribution in [0.25, 0.3) is 0 Å². The van der Waals surface area contributed by atoms with E-state index in [2.05, 4.69) is 15.6 Å². The summed E-state index contributed by atoms with van der Waals surface area (Å²) in [6.07, 6.45) is -2.72. The summed E-state index contributed by atoms with van der Waals surface area (Å²) in [4.78, 5) is 30.0. The maximum Gasteiger partial charge on any atom is 0.407 e. The molecular formula is C26H35F2N5O6S. The summed E-state index contributed by atoms with van der Waals surface area (Å²) in [5.74, 6) is -4.15. The average molecular weight is 584 g/mol. The number of aromatic nitrogens is 1. The van der Waals surface area contributed by atoms with Gasteiger partial charge in [-0.15, -0.1) is 0 Å². The molecule has 220 valence electrons. The van der Waals surface area contributed by atoms with E-state index in [1.165, 1.54) is 19.2 Å². The van der Waals surface area contributed by atoms with E-state index in [1.54, 1.807) is 30.3 Å². The van der Waals surface area contributed by atoms with E-state index in [0.29, 0.717) is 16.9 Å². The molecule has 1 saturated heterocycles. The minimum Gasteiger partial charge on any atom is -0.465 e. The van der Waals surface area contributed by atoms with Crippen LogP contribution in [0, 0.1) is 0 Å². The minimum absolute atomic E-state index is 0.0372. The molecule has 0 bridgehead atoms. The number of sulfonamides is 1. The number of hydrogen-bond acceptors (Lipinski definition) is 7. The highest BCUT2D eigenvalue weighted by Gasteiger charge is 2.56. The fourth-order valence-corrected chi connectivity index (χ4v) is 4.87. The molecule has 2 amide bonds. The van der Waals surface area contributed by atoms with Gasteiger partial charge < -0.3 is 20.8 Å². The second kappa shape index (κ2) is 12.3. The van der Waals surface area contributed by atoms with Gasteiger partial charge in [0.25, 0.3) is 11.8 Å². The van der Waals surface area contributed by atoms with Crippen LogP contribution in [0.1, 0.15) is 42.6 Å². The second-order valence-corrected chi connectivity index (χ2v) is 12.0. The van der Waals surface area contributed by atoms with Crippen LogP contribution < -0.4 is 14.9 Å². The van der Waals surface area contributed by atoms with Crippen LogP contribution in [-0.4, -0.2) is 90.5 Å². The van der Waals surface area contributed by atoms with Gasteiger partial charge in [-0.3, -0.25) is 14.0 Å². The van der Waals surface area contributed by atoms with Gasteiger partial charge in [-0.05, 0) is 37.5 Å². The molecule has 4 atom stereocenters. The molecule has 1 aromatic heterocycles. The van der Waals surface area contributed by atoms with Gasteiger partial charge in [-0.25, -0.2) is 27.0 Å². The van der Waals surface area contributed by atoms with Crippen molar-refractivity contribution in [2.24, 2.45) is 0 Å². The monoisotopic (exact) mass is 583 g/mol. The van der Waals surface area contributed by atoms with Crippen LogP contribution in [0.5, 0.6) is 0 Å². The zero-order valence-electron chi connectivity index (χ0n) is 22.7. The largest absolute Gasteiger partial charge is 0.465 e. The number of amides is 2. The number of likely N-dealkylation sites (tertiary alicyclic amines) is 1. The van der Waals surface area contributed by atoms with Crippen molar-refractivity contribution >= 4 is 33.7 Å². The SMILES string of the molecule is CCC(C)Nc1cc(C(=O)N[C@@H](Cc2ccccc2)C(O)[C@@H]2N(C(=O)O)CCC2(F)F)cc(N(C)S(C)(=O)=O)n1. The van der Waals surface area contributed by atoms with E-state index < -0.39 is 59.1 Å². The fourth-order valence-electron chi connectivity index (χ4n) is 4.44. The van der Waals surface area contributed by atoms with Gasteiger partial charge in [-0.2, -0.15) is 0 Å². The number of aliphatic hydroxyl groups is 1. The summed E-state index contributed by atoms with van der Waals surface area (Å²) in [7, 11) is -2.46. The van der Waals surface area contributed by atoms with Crippen LogP contribution >= 0.6 is 0 Å². The van der Waals surface area contributed by atoms with Crippen LogP contribution in [-0.2, 0) is 16.4 Å². The normalized spacial score (nSPS) is 19.0. The van der Waals surface area contributed by atoms with Gasteiger partial charge in [0, 0.05) is 31.6 Å². The van der Waals surface area contributed by atoms with E-state index in [1.807, 2.05) is 13.8 Å². The van der Waals surface area contributed by atoms with Crippen molar-refractivity contribution in [2.45, 2.75) is 63.3 Å². The van der Waals surface area contributed by atoms with Gasteiger partial charge in [0.1, 0.15) is 23.8 Å². The van der Waals surface area contributed by atoms with Crippen molar-refractivity contribution in [3.63, 3.8) is 0 Å². The molecule has 0 spiro atoms. The summed E-state index contributed by atoms with van der Waals surface area (Å²) in [6.45, 7) is 3.33. The number of halogens is 2. The van der Waals surface area contributed by atoms with E-state index in [9.17, 15) is 37.0 Å². The topological polar surface area (TPSA) is 152 Å². The molecule has 0 aliphatic carbocycles. The fraction of sp³-hybridized carbons (Fsp3) is 0.500. The molecule has 2 aromatic rings. The lowest BCUT2D eigenvalue weighted by Crippen LogP contribution is -2.58. The van der Waals surface area contributed by atoms with Gasteiger partial charge in [0.05, 0.1) is 12.3 Å². The van der Waals surface area contributed by atoms with Crippen LogP contribution in [0.3, 0.4) is 0 Å². The Bertz CT molecular complexity index is 1310. The molecule has 0 saturated carbocycles. The van der Waals surface area contributed by atoms with Crippen molar-refractivity contribution < 1.29 is 37.0 Å². The molecule has 1 aliphatic rings. The molecule has 0 radical (unpaired) electrons. The third-order valence-electron chi connectivity index (χ3n) is 6.95. The number of pyridine rings is 1. The third-order valence-corrected chi connectivity index (χ3v) is 8.13. The number of anilines is 2. The number of carbonyl (C=O) groups excluding carboxylic acids is 1. The molecule has 1 aliphatic heterocycles. The molecule has 3 rings (SSSR count). The number of aliphatic hydroxyl groups excluding tert-OH is 1. The summed E-state index contributed by atoms with van der Waals surface area (Å²) < 4.78 is 54.9. The Morgan fingerprint density at radius 2 is 1.90 bits per heavy atom. The van der Waals surface area contributed by atoms with Gasteiger partial charge in [-0.1, -0.05) is 37.3 Å². The maximum atomic E-state index is 14.8. The Morgan fingerprint density at radius 3 is 2.48 bits per heavy atom. The molecule has 4 N–H and O–H groups in total. The first kappa shape index (κ1) is 31.0. The summed E-state index contributed by atoms with van der Waals surface area (Å²) in [5.41, 5.74) is 0.575. The minimum atomic E-state index is -3.74. The predicted molar refractivity (Wildman–Crippen MR) is 146 cm³/mol. The highest BCUT2D eigenvalue weighted by atomic mass is 32.2. The molecule has 1 aromatic carbocycles. The molecule has 1 fully saturated rings. The lowest BCUT2D eigenvalue weighted by Gasteiger charge is -2.35. The van der Waals surface area contributed by atoms with Crippen LogP contribution in [0.2, 0.25) is 0 Å². The Morgan fingerprint density at radius 1 is 1.25 bits per heavy atom. The Kier molecular flexibility index (Phi) is 9.56. The zero-order valence-corrected chi connectivity index (χ0v) is 23.5. The summed E-state index contributed by atoms with van der Waals surface area (Å²) >= 11 is 0. The van der Waals surface area contributed by atoms with Crippen LogP contribution in [0.4, 0.5) is 25.2 Å². The number of carbonyl (C=O) groups is 2. The lowest BCUT2D eigenvalue weighted by atomic mass is 9.93. The highest BCUT2D eigenvalue weighted by molar-refractivity contribution is 7.92. The maximum absolute atomic E-state index is 14.8. The zero-order chi connectivity index (χ0) is 29.8. The molecule has 40 heavy (non-hydrogen) atoms. The summed E-state index contributed by atoms with van der Waals surface area (Å²) in [5, 5.41) is 26.3. The molecule has 14 heteroatoms. The van der Waals surface area contributed by atoms with Gasteiger partial charge >= 0.3 is 6.09 Å². The first-order chi connectivity index (χ1) is 18.6. The van der Waals surface area contributed by atoms with Gasteiger partial charge in [0.2, 0.25) is 10.0 Å². The Hall–Kier alpha value is -3.52. The van der Waals surface area contributed by atoms with E-state index in [-0.39, 0.29) is 29.7 Å². The van der Waals surface area contributed by atoms with E-state index in [4.69, 9.17) is 0 Å². The van der Waals surface area contributed by atoms with Crippen molar-refractivity contribution in [3.05, 3.63) is 53.6 Å². The Labute approximate surface area is 232 Å². The van der Waals surface area contributed by atoms with Crippen molar-refractivity contribution in [1.82, 2.24) is 15.2 Å². The smallest absolute Gasteiger partial charge is 0.407 e. The first-order valence-electron chi connectivity index (χ1n) is 12.8. The molecule has 2 heterocycles. The van der Waals surface area contributed by atoms with Crippen molar-refractivity contribution in [1.29, 1.82) is 0 Å². The summed E-state index contributed by atoms with van der Waals surface area (Å²) in [6, 6.07) is 7.69. The standard InChI is InChI=1S/C26H35F2N5O6S/c1-5-16(2)29-20-14-18(15-21(31-20)32(3)40(4,38)39)24(35)30-19(13-17-9-7-6-8-10-17)22(34)23-26(27,28)11-12-33(23)25(36)37/h6-10,14-16,19,22-23,34H,5,11-13H2,1-4H3,(H,29,31)(H,30,35)(H,36,37)/t16?,19-,22?,23-/m0/s1. The number of hydrogen-bond donors (Lipinski definition) is 4. The van der Waals surface area contributed by atoms with Gasteiger partial charge in [0.15, 0.2) is 0 Å². The first-order valence-corrected chi connectivity index (χ1v) is 14.6. The number of rotatable bonds is 11. The quantitative estimate of drug-likeness (QED) is 0.315. The number of benzene rings is 1. The predicted octanol–water partition coefficient (Wildman–Crippen LogP) is 2.78.